The number of benzene rings is 2. The van der Waals surface area contributed by atoms with Crippen LogP contribution in [0.3, 0.4) is 0 Å². The predicted octanol–water partition coefficient (Wildman–Crippen LogP) is 4.85. The molecule has 27 heavy (non-hydrogen) atoms. The van der Waals surface area contributed by atoms with Crippen LogP contribution in [0.2, 0.25) is 5.02 Å². The number of hydrogen-bond donors (Lipinski definition) is 1. The molecule has 5 nitrogen and oxygen atoms in total. The number of nitrogens with one attached hydrogen (secondary N) is 1. The van der Waals surface area contributed by atoms with Crippen LogP contribution in [0.25, 0.3) is 0 Å². The second kappa shape index (κ2) is 8.91. The third-order valence-electron chi connectivity index (χ3n) is 4.17. The lowest BCUT2D eigenvalue weighted by atomic mass is 10.1. The standard InChI is InChI=1S/C21H24ClNO4/c1-6-26-21(25)17-11-16(7-8-18(17)22)23-20(24)15(5)27-19-10-12(2)9-13(3)14(19)4/h7-11,15H,6H2,1-5H3,(H,23,24)/t15-/m0/s1. The molecule has 0 saturated carbocycles. The number of carbonyl (C=O) groups is 2. The maximum atomic E-state index is 12.5. The summed E-state index contributed by atoms with van der Waals surface area (Å²) in [5.74, 6) is -0.182. The number of aryl methyl sites for hydroxylation is 2. The lowest BCUT2D eigenvalue weighted by Crippen LogP contribution is -2.30. The van der Waals surface area contributed by atoms with Gasteiger partial charge in [0, 0.05) is 5.69 Å². The highest BCUT2D eigenvalue weighted by molar-refractivity contribution is 6.33. The van der Waals surface area contributed by atoms with Gasteiger partial charge in [-0.2, -0.15) is 0 Å². The Morgan fingerprint density at radius 2 is 1.85 bits per heavy atom. The van der Waals surface area contributed by atoms with Crippen molar-refractivity contribution in [1.29, 1.82) is 0 Å². The van der Waals surface area contributed by atoms with E-state index in [1.807, 2.05) is 26.8 Å². The molecule has 0 unspecified atom stereocenters. The quantitative estimate of drug-likeness (QED) is 0.717. The van der Waals surface area contributed by atoms with Crippen molar-refractivity contribution in [3.63, 3.8) is 0 Å². The van der Waals surface area contributed by atoms with Crippen LogP contribution in [0.15, 0.2) is 30.3 Å². The van der Waals surface area contributed by atoms with Crippen molar-refractivity contribution in [2.45, 2.75) is 40.7 Å². The van der Waals surface area contributed by atoms with Crippen LogP contribution < -0.4 is 10.1 Å². The number of amides is 1. The molecule has 0 bridgehead atoms. The number of esters is 1. The molecule has 144 valence electrons. The Morgan fingerprint density at radius 1 is 1.15 bits per heavy atom. The first kappa shape index (κ1) is 20.8. The highest BCUT2D eigenvalue weighted by Gasteiger charge is 2.18. The maximum Gasteiger partial charge on any atom is 0.339 e. The molecule has 0 fully saturated rings. The van der Waals surface area contributed by atoms with Crippen LogP contribution >= 0.6 is 11.6 Å². The Balaban J connectivity index is 2.13. The van der Waals surface area contributed by atoms with Crippen LogP contribution in [0.4, 0.5) is 5.69 Å². The summed E-state index contributed by atoms with van der Waals surface area (Å²) in [6.07, 6.45) is -0.716. The van der Waals surface area contributed by atoms with E-state index in [0.29, 0.717) is 11.4 Å². The number of rotatable bonds is 6. The highest BCUT2D eigenvalue weighted by Crippen LogP contribution is 2.25. The summed E-state index contributed by atoms with van der Waals surface area (Å²) in [6, 6.07) is 8.64. The predicted molar refractivity (Wildman–Crippen MR) is 107 cm³/mol. The Bertz CT molecular complexity index is 864. The van der Waals surface area contributed by atoms with Gasteiger partial charge in [0.2, 0.25) is 0 Å². The number of carbonyl (C=O) groups excluding carboxylic acids is 2. The molecule has 2 rings (SSSR count). The van der Waals surface area contributed by atoms with Crippen molar-refractivity contribution >= 4 is 29.2 Å². The van der Waals surface area contributed by atoms with Gasteiger partial charge in [-0.3, -0.25) is 4.79 Å². The molecule has 1 amide bonds. The minimum Gasteiger partial charge on any atom is -0.481 e. The van der Waals surface area contributed by atoms with Crippen LogP contribution in [-0.4, -0.2) is 24.6 Å². The third kappa shape index (κ3) is 5.23. The zero-order valence-electron chi connectivity index (χ0n) is 16.2. The zero-order chi connectivity index (χ0) is 20.1. The van der Waals surface area contributed by atoms with Crippen molar-refractivity contribution in [2.24, 2.45) is 0 Å². The van der Waals surface area contributed by atoms with Gasteiger partial charge in [-0.05, 0) is 75.6 Å². The number of anilines is 1. The Kier molecular flexibility index (Phi) is 6.86. The van der Waals surface area contributed by atoms with E-state index in [0.717, 1.165) is 16.7 Å². The monoisotopic (exact) mass is 389 g/mol. The first-order valence-electron chi connectivity index (χ1n) is 8.75. The smallest absolute Gasteiger partial charge is 0.339 e. The molecule has 0 radical (unpaired) electrons. The molecule has 0 aliphatic carbocycles. The largest absolute Gasteiger partial charge is 0.481 e. The molecule has 6 heteroatoms. The molecule has 0 saturated heterocycles. The second-order valence-electron chi connectivity index (χ2n) is 6.37. The van der Waals surface area contributed by atoms with Gasteiger partial charge < -0.3 is 14.8 Å². The molecule has 0 heterocycles. The van der Waals surface area contributed by atoms with Crippen molar-refractivity contribution in [1.82, 2.24) is 0 Å². The van der Waals surface area contributed by atoms with E-state index in [1.54, 1.807) is 26.0 Å². The Morgan fingerprint density at radius 3 is 2.52 bits per heavy atom. The van der Waals surface area contributed by atoms with Crippen molar-refractivity contribution in [2.75, 3.05) is 11.9 Å². The Labute approximate surface area is 164 Å². The van der Waals surface area contributed by atoms with Crippen LogP contribution in [0.1, 0.15) is 40.9 Å². The lowest BCUT2D eigenvalue weighted by Gasteiger charge is -2.18. The molecular weight excluding hydrogens is 366 g/mol. The van der Waals surface area contributed by atoms with E-state index < -0.39 is 12.1 Å². The normalized spacial score (nSPS) is 11.6. The summed E-state index contributed by atoms with van der Waals surface area (Å²) in [6.45, 7) is 9.57. The van der Waals surface area contributed by atoms with E-state index in [4.69, 9.17) is 21.1 Å². The van der Waals surface area contributed by atoms with E-state index in [-0.39, 0.29) is 23.1 Å². The van der Waals surface area contributed by atoms with E-state index >= 15 is 0 Å². The summed E-state index contributed by atoms with van der Waals surface area (Å²) < 4.78 is 10.8. The molecule has 1 atom stereocenters. The first-order chi connectivity index (χ1) is 12.7. The third-order valence-corrected chi connectivity index (χ3v) is 4.50. The summed E-state index contributed by atoms with van der Waals surface area (Å²) in [4.78, 5) is 24.4. The minimum absolute atomic E-state index is 0.204. The van der Waals surface area contributed by atoms with Crippen LogP contribution in [-0.2, 0) is 9.53 Å². The van der Waals surface area contributed by atoms with E-state index in [1.165, 1.54) is 6.07 Å². The summed E-state index contributed by atoms with van der Waals surface area (Å²) >= 11 is 6.04. The Hall–Kier alpha value is -2.53. The van der Waals surface area contributed by atoms with Crippen molar-refractivity contribution < 1.29 is 19.1 Å². The van der Waals surface area contributed by atoms with Crippen molar-refractivity contribution in [3.05, 3.63) is 57.6 Å². The molecule has 2 aromatic carbocycles. The van der Waals surface area contributed by atoms with Gasteiger partial charge in [0.25, 0.3) is 5.91 Å². The fourth-order valence-corrected chi connectivity index (χ4v) is 2.77. The molecule has 1 N–H and O–H groups in total. The summed E-state index contributed by atoms with van der Waals surface area (Å²) in [5, 5.41) is 3.01. The van der Waals surface area contributed by atoms with Gasteiger partial charge in [-0.15, -0.1) is 0 Å². The average Bonchev–Trinajstić information content (AvgIpc) is 2.60. The maximum absolute atomic E-state index is 12.5. The fourth-order valence-electron chi connectivity index (χ4n) is 2.58. The molecule has 0 aliphatic heterocycles. The van der Waals surface area contributed by atoms with Gasteiger partial charge in [0.15, 0.2) is 6.10 Å². The molecule has 0 aliphatic rings. The first-order valence-corrected chi connectivity index (χ1v) is 9.12. The summed E-state index contributed by atoms with van der Waals surface area (Å²) in [7, 11) is 0. The van der Waals surface area contributed by atoms with Crippen LogP contribution in [0.5, 0.6) is 5.75 Å². The van der Waals surface area contributed by atoms with Crippen LogP contribution in [0, 0.1) is 20.8 Å². The van der Waals surface area contributed by atoms with Gasteiger partial charge in [0.05, 0.1) is 17.2 Å². The average molecular weight is 390 g/mol. The molecular formula is C21H24ClNO4. The van der Waals surface area contributed by atoms with E-state index in [2.05, 4.69) is 11.4 Å². The van der Waals surface area contributed by atoms with Gasteiger partial charge in [-0.25, -0.2) is 4.79 Å². The topological polar surface area (TPSA) is 64.6 Å². The van der Waals surface area contributed by atoms with E-state index in [9.17, 15) is 9.59 Å². The van der Waals surface area contributed by atoms with Gasteiger partial charge in [0.1, 0.15) is 5.75 Å². The highest BCUT2D eigenvalue weighted by atomic mass is 35.5. The number of hydrogen-bond acceptors (Lipinski definition) is 4. The summed E-state index contributed by atoms with van der Waals surface area (Å²) in [5.41, 5.74) is 3.82. The molecule has 2 aromatic rings. The van der Waals surface area contributed by atoms with Crippen molar-refractivity contribution in [3.8, 4) is 5.75 Å². The number of ether oxygens (including phenoxy) is 2. The lowest BCUT2D eigenvalue weighted by molar-refractivity contribution is -0.122. The minimum atomic E-state index is -0.716. The fraction of sp³-hybridized carbons (Fsp3) is 0.333. The second-order valence-corrected chi connectivity index (χ2v) is 6.78. The zero-order valence-corrected chi connectivity index (χ0v) is 16.9. The number of halogens is 1. The molecule has 0 spiro atoms. The molecule has 0 aromatic heterocycles. The van der Waals surface area contributed by atoms with Gasteiger partial charge >= 0.3 is 5.97 Å². The SMILES string of the molecule is CCOC(=O)c1cc(NC(=O)[C@H](C)Oc2cc(C)cc(C)c2C)ccc1Cl. The van der Waals surface area contributed by atoms with Gasteiger partial charge in [-0.1, -0.05) is 17.7 Å².